The maximum Gasteiger partial charge on any atom is 0.186 e. The highest BCUT2D eigenvalue weighted by molar-refractivity contribution is 5.96. The van der Waals surface area contributed by atoms with E-state index in [4.69, 9.17) is 5.73 Å². The summed E-state index contributed by atoms with van der Waals surface area (Å²) in [6.45, 7) is 0.754. The average molecular weight is 221 g/mol. The lowest BCUT2D eigenvalue weighted by molar-refractivity contribution is 0.0867. The molecule has 2 rings (SSSR count). The third-order valence-electron chi connectivity index (χ3n) is 3.52. The topological polar surface area (TPSA) is 60.9 Å². The summed E-state index contributed by atoms with van der Waals surface area (Å²) < 4.78 is 1.68. The Bertz CT molecular complexity index is 364. The first-order valence-electron chi connectivity index (χ1n) is 5.94. The van der Waals surface area contributed by atoms with E-state index in [0.29, 0.717) is 11.6 Å². The van der Waals surface area contributed by atoms with Crippen LogP contribution in [0.1, 0.15) is 36.2 Å². The summed E-state index contributed by atoms with van der Waals surface area (Å²) >= 11 is 0. The van der Waals surface area contributed by atoms with Crippen molar-refractivity contribution < 1.29 is 4.79 Å². The van der Waals surface area contributed by atoms with Gasteiger partial charge in [0.1, 0.15) is 5.69 Å². The molecule has 0 bridgehead atoms. The van der Waals surface area contributed by atoms with Crippen LogP contribution in [-0.2, 0) is 7.05 Å². The summed E-state index contributed by atoms with van der Waals surface area (Å²) in [5, 5.41) is 4.17. The van der Waals surface area contributed by atoms with Crippen LogP contribution in [0.3, 0.4) is 0 Å². The number of nitrogens with two attached hydrogens (primary N) is 1. The number of ketones is 1. The van der Waals surface area contributed by atoms with Crippen LogP contribution in [0, 0.1) is 11.8 Å². The summed E-state index contributed by atoms with van der Waals surface area (Å²) in [5.74, 6) is 0.988. The molecule has 0 radical (unpaired) electrons. The molecule has 0 saturated heterocycles. The lowest BCUT2D eigenvalue weighted by Crippen LogP contribution is -2.26. The van der Waals surface area contributed by atoms with Crippen LogP contribution in [-0.4, -0.2) is 22.1 Å². The summed E-state index contributed by atoms with van der Waals surface area (Å²) in [4.78, 5) is 12.1. The van der Waals surface area contributed by atoms with Crippen LogP contribution >= 0.6 is 0 Å². The molecule has 0 aliphatic heterocycles. The van der Waals surface area contributed by atoms with Crippen molar-refractivity contribution in [3.05, 3.63) is 18.0 Å². The number of rotatable bonds is 3. The Labute approximate surface area is 95.8 Å². The molecule has 1 aliphatic rings. The molecule has 1 aromatic heterocycles. The summed E-state index contributed by atoms with van der Waals surface area (Å²) in [6.07, 6.45) is 5.92. The highest BCUT2D eigenvalue weighted by Crippen LogP contribution is 2.30. The zero-order valence-corrected chi connectivity index (χ0v) is 9.72. The van der Waals surface area contributed by atoms with Crippen LogP contribution in [0.25, 0.3) is 0 Å². The molecule has 0 amide bonds. The van der Waals surface area contributed by atoms with E-state index in [2.05, 4.69) is 5.10 Å². The zero-order valence-electron chi connectivity index (χ0n) is 9.72. The number of hydrogen-bond donors (Lipinski definition) is 1. The van der Waals surface area contributed by atoms with Gasteiger partial charge in [-0.05, 0) is 44.2 Å². The smallest absolute Gasteiger partial charge is 0.186 e. The lowest BCUT2D eigenvalue weighted by atomic mass is 9.79. The van der Waals surface area contributed by atoms with Crippen molar-refractivity contribution in [2.75, 3.05) is 6.54 Å². The van der Waals surface area contributed by atoms with Crippen molar-refractivity contribution in [1.82, 2.24) is 9.78 Å². The van der Waals surface area contributed by atoms with E-state index in [9.17, 15) is 4.79 Å². The van der Waals surface area contributed by atoms with Gasteiger partial charge in [0.2, 0.25) is 0 Å². The molecule has 1 fully saturated rings. The molecule has 1 saturated carbocycles. The molecule has 4 nitrogen and oxygen atoms in total. The van der Waals surface area contributed by atoms with Gasteiger partial charge in [-0.15, -0.1) is 0 Å². The first kappa shape index (κ1) is 11.3. The van der Waals surface area contributed by atoms with Crippen LogP contribution in [0.2, 0.25) is 0 Å². The average Bonchev–Trinajstić information content (AvgIpc) is 2.75. The van der Waals surface area contributed by atoms with Crippen LogP contribution < -0.4 is 5.73 Å². The van der Waals surface area contributed by atoms with E-state index < -0.39 is 0 Å². The Morgan fingerprint density at radius 2 is 2.19 bits per heavy atom. The van der Waals surface area contributed by atoms with Crippen molar-refractivity contribution in [1.29, 1.82) is 0 Å². The minimum atomic E-state index is 0.165. The minimum Gasteiger partial charge on any atom is -0.330 e. The van der Waals surface area contributed by atoms with E-state index in [-0.39, 0.29) is 11.7 Å². The number of carbonyl (C=O) groups excluding carboxylic acids is 1. The second kappa shape index (κ2) is 4.78. The Kier molecular flexibility index (Phi) is 3.39. The normalized spacial score (nSPS) is 25.6. The van der Waals surface area contributed by atoms with Crippen molar-refractivity contribution in [2.24, 2.45) is 24.6 Å². The Morgan fingerprint density at radius 3 is 2.69 bits per heavy atom. The molecule has 0 unspecified atom stereocenters. The highest BCUT2D eigenvalue weighted by atomic mass is 16.1. The standard InChI is InChI=1S/C12H19N3O/c1-15-7-6-11(14-15)12(16)10-4-2-9(8-13)3-5-10/h6-7,9-10H,2-5,8,13H2,1H3. The van der Waals surface area contributed by atoms with Crippen molar-refractivity contribution in [2.45, 2.75) is 25.7 Å². The van der Waals surface area contributed by atoms with E-state index in [0.717, 1.165) is 32.2 Å². The fourth-order valence-corrected chi connectivity index (χ4v) is 2.42. The number of carbonyl (C=O) groups is 1. The Balaban J connectivity index is 1.96. The van der Waals surface area contributed by atoms with Gasteiger partial charge in [-0.25, -0.2) is 0 Å². The lowest BCUT2D eigenvalue weighted by Gasteiger charge is -2.26. The number of hydrogen-bond acceptors (Lipinski definition) is 3. The molecule has 88 valence electrons. The third kappa shape index (κ3) is 2.32. The molecule has 0 atom stereocenters. The predicted octanol–water partition coefficient (Wildman–Crippen LogP) is 1.37. The Morgan fingerprint density at radius 1 is 1.50 bits per heavy atom. The second-order valence-electron chi connectivity index (χ2n) is 4.69. The fourth-order valence-electron chi connectivity index (χ4n) is 2.42. The van der Waals surface area contributed by atoms with Crippen molar-refractivity contribution >= 4 is 5.78 Å². The molecule has 1 aliphatic carbocycles. The van der Waals surface area contributed by atoms with Gasteiger partial charge in [0.25, 0.3) is 0 Å². The number of aryl methyl sites for hydroxylation is 1. The third-order valence-corrected chi connectivity index (χ3v) is 3.52. The SMILES string of the molecule is Cn1ccc(C(=O)C2CCC(CN)CC2)n1. The van der Waals surface area contributed by atoms with Gasteiger partial charge in [-0.2, -0.15) is 5.10 Å². The highest BCUT2D eigenvalue weighted by Gasteiger charge is 2.27. The molecular weight excluding hydrogens is 202 g/mol. The minimum absolute atomic E-state index is 0.165. The van der Waals surface area contributed by atoms with Gasteiger partial charge < -0.3 is 5.73 Å². The Hall–Kier alpha value is -1.16. The van der Waals surface area contributed by atoms with E-state index in [1.54, 1.807) is 10.7 Å². The molecule has 0 spiro atoms. The van der Waals surface area contributed by atoms with Gasteiger partial charge in [-0.3, -0.25) is 9.48 Å². The maximum absolute atomic E-state index is 12.1. The quantitative estimate of drug-likeness (QED) is 0.784. The molecule has 1 heterocycles. The van der Waals surface area contributed by atoms with Crippen LogP contribution in [0.5, 0.6) is 0 Å². The molecular formula is C12H19N3O. The monoisotopic (exact) mass is 221 g/mol. The summed E-state index contributed by atoms with van der Waals surface area (Å²) in [6, 6.07) is 1.80. The second-order valence-corrected chi connectivity index (χ2v) is 4.69. The predicted molar refractivity (Wildman–Crippen MR) is 62.0 cm³/mol. The molecule has 0 aromatic carbocycles. The van der Waals surface area contributed by atoms with Crippen molar-refractivity contribution in [3.63, 3.8) is 0 Å². The van der Waals surface area contributed by atoms with Gasteiger partial charge in [-0.1, -0.05) is 0 Å². The molecule has 4 heteroatoms. The first-order chi connectivity index (χ1) is 7.70. The van der Waals surface area contributed by atoms with Gasteiger partial charge in [0, 0.05) is 19.2 Å². The number of Topliss-reactive ketones (excluding diaryl/α,β-unsaturated/α-hetero) is 1. The van der Waals surface area contributed by atoms with E-state index in [1.807, 2.05) is 13.2 Å². The van der Waals surface area contributed by atoms with Crippen LogP contribution in [0.4, 0.5) is 0 Å². The number of aromatic nitrogens is 2. The summed E-state index contributed by atoms with van der Waals surface area (Å²) in [7, 11) is 1.84. The largest absolute Gasteiger partial charge is 0.330 e. The maximum atomic E-state index is 12.1. The first-order valence-corrected chi connectivity index (χ1v) is 5.94. The van der Waals surface area contributed by atoms with Crippen LogP contribution in [0.15, 0.2) is 12.3 Å². The molecule has 16 heavy (non-hydrogen) atoms. The van der Waals surface area contributed by atoms with Gasteiger partial charge in [0.05, 0.1) is 0 Å². The summed E-state index contributed by atoms with van der Waals surface area (Å²) in [5.41, 5.74) is 6.25. The van der Waals surface area contributed by atoms with Gasteiger partial charge >= 0.3 is 0 Å². The zero-order chi connectivity index (χ0) is 11.5. The molecule has 2 N–H and O–H groups in total. The number of nitrogens with zero attached hydrogens (tertiary/aromatic N) is 2. The van der Waals surface area contributed by atoms with E-state index >= 15 is 0 Å². The van der Waals surface area contributed by atoms with Crippen molar-refractivity contribution in [3.8, 4) is 0 Å². The van der Waals surface area contributed by atoms with Gasteiger partial charge in [0.15, 0.2) is 5.78 Å². The molecule has 1 aromatic rings. The van der Waals surface area contributed by atoms with E-state index in [1.165, 1.54) is 0 Å². The fraction of sp³-hybridized carbons (Fsp3) is 0.667.